The van der Waals surface area contributed by atoms with E-state index in [1.54, 1.807) is 11.8 Å². The van der Waals surface area contributed by atoms with Crippen molar-refractivity contribution in [3.05, 3.63) is 46.2 Å². The molecule has 2 aromatic rings. The van der Waals surface area contributed by atoms with Crippen LogP contribution in [0.15, 0.2) is 34.9 Å². The van der Waals surface area contributed by atoms with Gasteiger partial charge in [-0.1, -0.05) is 6.07 Å². The molecule has 0 fully saturated rings. The fraction of sp³-hybridized carbons (Fsp3) is 0.250. The SMILES string of the molecule is COc1ccc(C(N)c2ccn(C)n2)cc1Br. The van der Waals surface area contributed by atoms with Crippen molar-refractivity contribution in [1.29, 1.82) is 0 Å². The number of nitrogens with two attached hydrogens (primary N) is 1. The maximum absolute atomic E-state index is 6.15. The summed E-state index contributed by atoms with van der Waals surface area (Å²) in [5.41, 5.74) is 8.00. The van der Waals surface area contributed by atoms with Gasteiger partial charge in [0.2, 0.25) is 0 Å². The zero-order valence-electron chi connectivity index (χ0n) is 9.72. The molecule has 90 valence electrons. The minimum absolute atomic E-state index is 0.224. The van der Waals surface area contributed by atoms with Crippen LogP contribution in [0.1, 0.15) is 17.3 Å². The Morgan fingerprint density at radius 3 is 2.71 bits per heavy atom. The summed E-state index contributed by atoms with van der Waals surface area (Å²) in [5, 5.41) is 4.30. The number of aromatic nitrogens is 2. The molecule has 5 heteroatoms. The second-order valence-electron chi connectivity index (χ2n) is 3.79. The molecule has 4 nitrogen and oxygen atoms in total. The highest BCUT2D eigenvalue weighted by atomic mass is 79.9. The van der Waals surface area contributed by atoms with Crippen molar-refractivity contribution in [2.45, 2.75) is 6.04 Å². The van der Waals surface area contributed by atoms with E-state index in [-0.39, 0.29) is 6.04 Å². The van der Waals surface area contributed by atoms with E-state index in [1.807, 2.05) is 37.5 Å². The predicted molar refractivity (Wildman–Crippen MR) is 69.9 cm³/mol. The molecule has 0 aliphatic heterocycles. The van der Waals surface area contributed by atoms with Crippen LogP contribution in [0, 0.1) is 0 Å². The monoisotopic (exact) mass is 295 g/mol. The van der Waals surface area contributed by atoms with Crippen molar-refractivity contribution in [1.82, 2.24) is 9.78 Å². The second-order valence-corrected chi connectivity index (χ2v) is 4.64. The molecule has 1 heterocycles. The van der Waals surface area contributed by atoms with Crippen LogP contribution in [-0.4, -0.2) is 16.9 Å². The molecular formula is C12H14BrN3O. The van der Waals surface area contributed by atoms with Gasteiger partial charge in [-0.3, -0.25) is 4.68 Å². The lowest BCUT2D eigenvalue weighted by Crippen LogP contribution is -2.13. The van der Waals surface area contributed by atoms with Crippen LogP contribution >= 0.6 is 15.9 Å². The third-order valence-corrected chi connectivity index (χ3v) is 3.21. The van der Waals surface area contributed by atoms with E-state index in [2.05, 4.69) is 21.0 Å². The van der Waals surface area contributed by atoms with E-state index in [9.17, 15) is 0 Å². The van der Waals surface area contributed by atoms with Gasteiger partial charge in [0.15, 0.2) is 0 Å². The van der Waals surface area contributed by atoms with E-state index in [0.717, 1.165) is 21.5 Å². The van der Waals surface area contributed by atoms with Crippen LogP contribution in [0.4, 0.5) is 0 Å². The molecule has 0 radical (unpaired) electrons. The second kappa shape index (κ2) is 4.89. The summed E-state index contributed by atoms with van der Waals surface area (Å²) in [6.07, 6.45) is 1.88. The number of nitrogens with zero attached hydrogens (tertiary/aromatic N) is 2. The van der Waals surface area contributed by atoms with E-state index >= 15 is 0 Å². The molecule has 0 amide bonds. The Labute approximate surface area is 109 Å². The third kappa shape index (κ3) is 2.50. The first-order valence-electron chi connectivity index (χ1n) is 5.20. The minimum atomic E-state index is -0.224. The molecule has 1 aromatic carbocycles. The van der Waals surface area contributed by atoms with Crippen LogP contribution in [0.5, 0.6) is 5.75 Å². The average molecular weight is 296 g/mol. The summed E-state index contributed by atoms with van der Waals surface area (Å²) in [6, 6.07) is 7.49. The molecule has 0 spiro atoms. The van der Waals surface area contributed by atoms with E-state index in [0.29, 0.717) is 0 Å². The molecule has 0 saturated carbocycles. The highest BCUT2D eigenvalue weighted by Gasteiger charge is 2.13. The van der Waals surface area contributed by atoms with Crippen molar-refractivity contribution in [2.75, 3.05) is 7.11 Å². The van der Waals surface area contributed by atoms with Crippen LogP contribution in [0.2, 0.25) is 0 Å². The lowest BCUT2D eigenvalue weighted by molar-refractivity contribution is 0.412. The van der Waals surface area contributed by atoms with Gasteiger partial charge in [0.05, 0.1) is 23.3 Å². The van der Waals surface area contributed by atoms with Gasteiger partial charge in [-0.15, -0.1) is 0 Å². The largest absolute Gasteiger partial charge is 0.496 e. The van der Waals surface area contributed by atoms with E-state index < -0.39 is 0 Å². The standard InChI is InChI=1S/C12H14BrN3O/c1-16-6-5-10(15-16)12(14)8-3-4-11(17-2)9(13)7-8/h3-7,12H,14H2,1-2H3. The first-order chi connectivity index (χ1) is 8.11. The summed E-state index contributed by atoms with van der Waals surface area (Å²) in [4.78, 5) is 0. The van der Waals surface area contributed by atoms with Gasteiger partial charge < -0.3 is 10.5 Å². The number of benzene rings is 1. The quantitative estimate of drug-likeness (QED) is 0.945. The molecule has 0 saturated heterocycles. The first kappa shape index (κ1) is 12.1. The van der Waals surface area contributed by atoms with Gasteiger partial charge in [-0.05, 0) is 39.7 Å². The lowest BCUT2D eigenvalue weighted by atomic mass is 10.1. The summed E-state index contributed by atoms with van der Waals surface area (Å²) in [7, 11) is 3.51. The smallest absolute Gasteiger partial charge is 0.133 e. The zero-order valence-corrected chi connectivity index (χ0v) is 11.3. The molecular weight excluding hydrogens is 282 g/mol. The van der Waals surface area contributed by atoms with Gasteiger partial charge in [0.25, 0.3) is 0 Å². The topological polar surface area (TPSA) is 53.1 Å². The van der Waals surface area contributed by atoms with Crippen LogP contribution in [0.25, 0.3) is 0 Å². The number of halogens is 1. The molecule has 17 heavy (non-hydrogen) atoms. The maximum Gasteiger partial charge on any atom is 0.133 e. The van der Waals surface area contributed by atoms with E-state index in [4.69, 9.17) is 10.5 Å². The normalized spacial score (nSPS) is 12.5. The number of hydrogen-bond donors (Lipinski definition) is 1. The van der Waals surface area contributed by atoms with Crippen molar-refractivity contribution in [2.24, 2.45) is 12.8 Å². The minimum Gasteiger partial charge on any atom is -0.496 e. The highest BCUT2D eigenvalue weighted by molar-refractivity contribution is 9.10. The van der Waals surface area contributed by atoms with Gasteiger partial charge in [-0.25, -0.2) is 0 Å². The maximum atomic E-state index is 6.15. The predicted octanol–water partition coefficient (Wildman–Crippen LogP) is 2.24. The number of hydrogen-bond acceptors (Lipinski definition) is 3. The van der Waals surface area contributed by atoms with E-state index in [1.165, 1.54) is 0 Å². The molecule has 0 aliphatic rings. The summed E-state index contributed by atoms with van der Waals surface area (Å²) in [6.45, 7) is 0. The van der Waals surface area contributed by atoms with Gasteiger partial charge in [0.1, 0.15) is 5.75 Å². The molecule has 2 rings (SSSR count). The fourth-order valence-corrected chi connectivity index (χ4v) is 2.20. The van der Waals surface area contributed by atoms with Crippen molar-refractivity contribution < 1.29 is 4.74 Å². The van der Waals surface area contributed by atoms with Crippen molar-refractivity contribution in [3.8, 4) is 5.75 Å². The fourth-order valence-electron chi connectivity index (χ4n) is 1.65. The Kier molecular flexibility index (Phi) is 3.49. The molecule has 0 bridgehead atoms. The number of methoxy groups -OCH3 is 1. The zero-order chi connectivity index (χ0) is 12.4. The Balaban J connectivity index is 2.31. The molecule has 2 N–H and O–H groups in total. The van der Waals surface area contributed by atoms with Crippen molar-refractivity contribution in [3.63, 3.8) is 0 Å². The molecule has 1 unspecified atom stereocenters. The lowest BCUT2D eigenvalue weighted by Gasteiger charge is -2.11. The number of aryl methyl sites for hydroxylation is 1. The first-order valence-corrected chi connectivity index (χ1v) is 5.99. The number of ether oxygens (including phenoxy) is 1. The van der Waals surface area contributed by atoms with Crippen LogP contribution < -0.4 is 10.5 Å². The van der Waals surface area contributed by atoms with Crippen LogP contribution in [-0.2, 0) is 7.05 Å². The molecule has 0 aliphatic carbocycles. The number of rotatable bonds is 3. The Bertz CT molecular complexity index is 524. The molecule has 1 atom stereocenters. The summed E-state index contributed by atoms with van der Waals surface area (Å²) < 4.78 is 7.82. The van der Waals surface area contributed by atoms with Crippen molar-refractivity contribution >= 4 is 15.9 Å². The third-order valence-electron chi connectivity index (χ3n) is 2.59. The Morgan fingerprint density at radius 2 is 2.18 bits per heavy atom. The Morgan fingerprint density at radius 1 is 1.41 bits per heavy atom. The van der Waals surface area contributed by atoms with Gasteiger partial charge in [-0.2, -0.15) is 5.10 Å². The average Bonchev–Trinajstić information content (AvgIpc) is 2.75. The summed E-state index contributed by atoms with van der Waals surface area (Å²) >= 11 is 3.45. The van der Waals surface area contributed by atoms with Gasteiger partial charge >= 0.3 is 0 Å². The Hall–Kier alpha value is -1.33. The van der Waals surface area contributed by atoms with Gasteiger partial charge in [0, 0.05) is 13.2 Å². The van der Waals surface area contributed by atoms with Crippen LogP contribution in [0.3, 0.4) is 0 Å². The molecule has 1 aromatic heterocycles. The summed E-state index contributed by atoms with van der Waals surface area (Å²) in [5.74, 6) is 0.793. The highest BCUT2D eigenvalue weighted by Crippen LogP contribution is 2.29.